The third kappa shape index (κ3) is 3.56. The van der Waals surface area contributed by atoms with Crippen LogP contribution in [0.3, 0.4) is 0 Å². The highest BCUT2D eigenvalue weighted by molar-refractivity contribution is 4.82. The molecule has 0 aromatic carbocycles. The molecule has 0 saturated carbocycles. The van der Waals surface area contributed by atoms with Gasteiger partial charge in [-0.3, -0.25) is 0 Å². The van der Waals surface area contributed by atoms with Crippen molar-refractivity contribution in [2.75, 3.05) is 13.2 Å². The lowest BCUT2D eigenvalue weighted by Gasteiger charge is -2.23. The van der Waals surface area contributed by atoms with Crippen LogP contribution in [0.1, 0.15) is 33.6 Å². The van der Waals surface area contributed by atoms with Crippen molar-refractivity contribution in [2.45, 2.75) is 51.9 Å². The number of aliphatic hydroxyl groups excluding tert-OH is 1. The van der Waals surface area contributed by atoms with Gasteiger partial charge in [0, 0.05) is 0 Å². The summed E-state index contributed by atoms with van der Waals surface area (Å²) in [6, 6.07) is 0.113. The van der Waals surface area contributed by atoms with Gasteiger partial charge in [-0.1, -0.05) is 13.8 Å². The number of ether oxygens (including phenoxy) is 1. The summed E-state index contributed by atoms with van der Waals surface area (Å²) in [7, 11) is 0. The third-order valence-corrected chi connectivity index (χ3v) is 2.70. The average molecular weight is 201 g/mol. The quantitative estimate of drug-likeness (QED) is 0.701. The molecular formula is C11H23NO2. The molecule has 1 rings (SSSR count). The van der Waals surface area contributed by atoms with E-state index in [-0.39, 0.29) is 18.8 Å². The maximum atomic E-state index is 9.24. The van der Waals surface area contributed by atoms with Crippen LogP contribution < -0.4 is 5.32 Å². The van der Waals surface area contributed by atoms with Crippen LogP contribution in [0.2, 0.25) is 0 Å². The molecule has 1 fully saturated rings. The largest absolute Gasteiger partial charge is 0.395 e. The Labute approximate surface area is 86.8 Å². The Hall–Kier alpha value is -0.120. The van der Waals surface area contributed by atoms with E-state index in [0.717, 1.165) is 19.4 Å². The van der Waals surface area contributed by atoms with Crippen molar-refractivity contribution in [1.29, 1.82) is 0 Å². The van der Waals surface area contributed by atoms with Crippen LogP contribution in [0, 0.1) is 5.92 Å². The fourth-order valence-corrected chi connectivity index (χ4v) is 1.83. The lowest BCUT2D eigenvalue weighted by atomic mass is 10.1. The molecule has 1 aliphatic rings. The van der Waals surface area contributed by atoms with E-state index in [1.165, 1.54) is 0 Å². The number of hydrogen-bond donors (Lipinski definition) is 2. The first-order valence-electron chi connectivity index (χ1n) is 5.63. The summed E-state index contributed by atoms with van der Waals surface area (Å²) in [6.45, 7) is 7.54. The van der Waals surface area contributed by atoms with E-state index in [2.05, 4.69) is 26.1 Å². The number of rotatable bonds is 5. The Bertz CT molecular complexity index is 161. The van der Waals surface area contributed by atoms with Gasteiger partial charge in [-0.2, -0.15) is 0 Å². The second-order valence-corrected chi connectivity index (χ2v) is 4.65. The van der Waals surface area contributed by atoms with E-state index < -0.39 is 0 Å². The van der Waals surface area contributed by atoms with Gasteiger partial charge in [0.2, 0.25) is 0 Å². The first kappa shape index (κ1) is 12.0. The van der Waals surface area contributed by atoms with Crippen LogP contribution in [-0.2, 0) is 4.74 Å². The summed E-state index contributed by atoms with van der Waals surface area (Å²) in [4.78, 5) is 0. The molecular weight excluding hydrogens is 178 g/mol. The fourth-order valence-electron chi connectivity index (χ4n) is 1.83. The molecule has 14 heavy (non-hydrogen) atoms. The summed E-state index contributed by atoms with van der Waals surface area (Å²) in [5, 5.41) is 12.6. The van der Waals surface area contributed by atoms with Crippen LogP contribution in [0.4, 0.5) is 0 Å². The highest BCUT2D eigenvalue weighted by atomic mass is 16.5. The zero-order valence-electron chi connectivity index (χ0n) is 9.49. The van der Waals surface area contributed by atoms with Gasteiger partial charge in [0.15, 0.2) is 0 Å². The van der Waals surface area contributed by atoms with E-state index in [4.69, 9.17) is 4.74 Å². The molecule has 1 saturated heterocycles. The van der Waals surface area contributed by atoms with Gasteiger partial charge in [-0.15, -0.1) is 0 Å². The Balaban J connectivity index is 2.30. The van der Waals surface area contributed by atoms with E-state index in [0.29, 0.717) is 12.0 Å². The monoisotopic (exact) mass is 201 g/mol. The predicted molar refractivity (Wildman–Crippen MR) is 57.3 cm³/mol. The van der Waals surface area contributed by atoms with Gasteiger partial charge in [0.05, 0.1) is 24.9 Å². The molecule has 0 amide bonds. The molecule has 84 valence electrons. The molecule has 0 aromatic rings. The van der Waals surface area contributed by atoms with Crippen LogP contribution >= 0.6 is 0 Å². The second kappa shape index (κ2) is 5.69. The summed E-state index contributed by atoms with van der Waals surface area (Å²) in [5.74, 6) is 0.614. The van der Waals surface area contributed by atoms with Gasteiger partial charge in [0.1, 0.15) is 0 Å². The van der Waals surface area contributed by atoms with E-state index in [9.17, 15) is 5.11 Å². The third-order valence-electron chi connectivity index (χ3n) is 2.70. The SMILES string of the molecule is CC(C)CNC(CO)C1CCC(C)O1. The highest BCUT2D eigenvalue weighted by Gasteiger charge is 2.28. The highest BCUT2D eigenvalue weighted by Crippen LogP contribution is 2.21. The van der Waals surface area contributed by atoms with Gasteiger partial charge >= 0.3 is 0 Å². The average Bonchev–Trinajstić information content (AvgIpc) is 2.53. The van der Waals surface area contributed by atoms with E-state index in [1.54, 1.807) is 0 Å². The smallest absolute Gasteiger partial charge is 0.0755 e. The molecule has 0 aromatic heterocycles. The lowest BCUT2D eigenvalue weighted by molar-refractivity contribution is 0.0168. The molecule has 0 aliphatic carbocycles. The Morgan fingerprint density at radius 1 is 1.43 bits per heavy atom. The molecule has 0 radical (unpaired) electrons. The van der Waals surface area contributed by atoms with Gasteiger partial charge in [-0.05, 0) is 32.2 Å². The van der Waals surface area contributed by atoms with Crippen LogP contribution in [0.5, 0.6) is 0 Å². The van der Waals surface area contributed by atoms with Gasteiger partial charge < -0.3 is 15.2 Å². The number of aliphatic hydroxyl groups is 1. The normalized spacial score (nSPS) is 29.8. The topological polar surface area (TPSA) is 41.5 Å². The van der Waals surface area contributed by atoms with Crippen LogP contribution in [-0.4, -0.2) is 36.5 Å². The van der Waals surface area contributed by atoms with Gasteiger partial charge in [0.25, 0.3) is 0 Å². The Morgan fingerprint density at radius 3 is 2.57 bits per heavy atom. The summed E-state index contributed by atoms with van der Waals surface area (Å²) >= 11 is 0. The van der Waals surface area contributed by atoms with Crippen LogP contribution in [0.15, 0.2) is 0 Å². The minimum Gasteiger partial charge on any atom is -0.395 e. The minimum atomic E-state index is 0.113. The fraction of sp³-hybridized carbons (Fsp3) is 1.00. The molecule has 0 spiro atoms. The van der Waals surface area contributed by atoms with Crippen molar-refractivity contribution in [3.8, 4) is 0 Å². The first-order valence-corrected chi connectivity index (χ1v) is 5.63. The molecule has 3 nitrogen and oxygen atoms in total. The Kier molecular flexibility index (Phi) is 4.85. The molecule has 3 unspecified atom stereocenters. The lowest BCUT2D eigenvalue weighted by Crippen LogP contribution is -2.44. The standard InChI is InChI=1S/C11H23NO2/c1-8(2)6-12-10(7-13)11-5-4-9(3)14-11/h8-13H,4-7H2,1-3H3. The van der Waals surface area contributed by atoms with Crippen LogP contribution in [0.25, 0.3) is 0 Å². The van der Waals surface area contributed by atoms with Crippen molar-refractivity contribution < 1.29 is 9.84 Å². The maximum absolute atomic E-state index is 9.24. The van der Waals surface area contributed by atoms with Gasteiger partial charge in [-0.25, -0.2) is 0 Å². The molecule has 1 heterocycles. The minimum absolute atomic E-state index is 0.113. The van der Waals surface area contributed by atoms with Crippen molar-refractivity contribution in [3.05, 3.63) is 0 Å². The summed E-state index contributed by atoms with van der Waals surface area (Å²) in [5.41, 5.74) is 0. The zero-order chi connectivity index (χ0) is 10.6. The van der Waals surface area contributed by atoms with Crippen molar-refractivity contribution in [2.24, 2.45) is 5.92 Å². The molecule has 0 bridgehead atoms. The van der Waals surface area contributed by atoms with Crippen molar-refractivity contribution in [3.63, 3.8) is 0 Å². The molecule has 1 aliphatic heterocycles. The number of nitrogens with one attached hydrogen (secondary N) is 1. The zero-order valence-corrected chi connectivity index (χ0v) is 9.49. The van der Waals surface area contributed by atoms with Crippen molar-refractivity contribution in [1.82, 2.24) is 5.32 Å². The van der Waals surface area contributed by atoms with Crippen molar-refractivity contribution >= 4 is 0 Å². The Morgan fingerprint density at radius 2 is 2.14 bits per heavy atom. The predicted octanol–water partition coefficient (Wildman–Crippen LogP) is 1.16. The molecule has 2 N–H and O–H groups in total. The van der Waals surface area contributed by atoms with E-state index in [1.807, 2.05) is 0 Å². The molecule has 3 heteroatoms. The summed E-state index contributed by atoms with van der Waals surface area (Å²) < 4.78 is 5.72. The van der Waals surface area contributed by atoms with E-state index >= 15 is 0 Å². The first-order chi connectivity index (χ1) is 6.63. The second-order valence-electron chi connectivity index (χ2n) is 4.65. The summed E-state index contributed by atoms with van der Waals surface area (Å²) in [6.07, 6.45) is 2.74. The molecule has 3 atom stereocenters. The number of hydrogen-bond acceptors (Lipinski definition) is 3. The maximum Gasteiger partial charge on any atom is 0.0755 e.